The smallest absolute Gasteiger partial charge is 0.407 e. The number of carbonyl (C=O) groups is 1. The molecule has 1 rings (SSSR count). The monoisotopic (exact) mass is 424 g/mol. The number of rotatable bonds is 12. The maximum absolute atomic E-state index is 12.6. The molecule has 2 N–H and O–H groups in total. The van der Waals surface area contributed by atoms with Gasteiger partial charge in [0.1, 0.15) is 6.10 Å². The molecule has 4 heteroatoms. The van der Waals surface area contributed by atoms with Gasteiger partial charge in [0.05, 0.1) is 0 Å². The second kappa shape index (κ2) is 12.3. The topological polar surface area (TPSA) is 50.4 Å². The predicted octanol–water partition coefficient (Wildman–Crippen LogP) is 6.93. The minimum absolute atomic E-state index is 0.00214. The van der Waals surface area contributed by atoms with E-state index in [1.165, 1.54) is 12.8 Å². The summed E-state index contributed by atoms with van der Waals surface area (Å²) in [4.78, 5) is 12.6. The van der Waals surface area contributed by atoms with Gasteiger partial charge in [0.15, 0.2) is 0 Å². The number of hydrogen-bond acceptors (Lipinski definition) is 3. The van der Waals surface area contributed by atoms with E-state index in [2.05, 4.69) is 72.9 Å². The van der Waals surface area contributed by atoms with Gasteiger partial charge in [0, 0.05) is 30.0 Å². The lowest BCUT2D eigenvalue weighted by atomic mass is 9.65. The number of nitrogens with one attached hydrogen (secondary N) is 2. The molecule has 0 spiro atoms. The number of ether oxygens (including phenoxy) is 1. The Bertz CT molecular complexity index is 505. The van der Waals surface area contributed by atoms with Crippen molar-refractivity contribution in [2.45, 2.75) is 131 Å². The molecule has 178 valence electrons. The third-order valence-electron chi connectivity index (χ3n) is 6.80. The average Bonchev–Trinajstić information content (AvgIpc) is 2.62. The molecule has 30 heavy (non-hydrogen) atoms. The molecular formula is C26H52N2O2. The van der Waals surface area contributed by atoms with Gasteiger partial charge in [0.2, 0.25) is 0 Å². The van der Waals surface area contributed by atoms with Crippen molar-refractivity contribution in [3.63, 3.8) is 0 Å². The van der Waals surface area contributed by atoms with Crippen LogP contribution >= 0.6 is 0 Å². The van der Waals surface area contributed by atoms with Crippen LogP contribution in [0.2, 0.25) is 0 Å². The van der Waals surface area contributed by atoms with Gasteiger partial charge in [-0.05, 0) is 70.1 Å². The third kappa shape index (κ3) is 9.16. The molecule has 1 aliphatic rings. The summed E-state index contributed by atoms with van der Waals surface area (Å²) in [6, 6.07) is 0. The Labute approximate surface area is 187 Å². The largest absolute Gasteiger partial charge is 0.446 e. The first-order valence-electron chi connectivity index (χ1n) is 12.6. The van der Waals surface area contributed by atoms with Crippen molar-refractivity contribution in [2.24, 2.45) is 23.7 Å². The van der Waals surface area contributed by atoms with E-state index in [0.717, 1.165) is 38.5 Å². The molecule has 0 bridgehead atoms. The average molecular weight is 425 g/mol. The summed E-state index contributed by atoms with van der Waals surface area (Å²) in [7, 11) is 0. The summed E-state index contributed by atoms with van der Waals surface area (Å²) in [5, 5.41) is 7.09. The number of hydrogen-bond donors (Lipinski definition) is 2. The van der Waals surface area contributed by atoms with Gasteiger partial charge in [-0.25, -0.2) is 4.79 Å². The van der Waals surface area contributed by atoms with Crippen LogP contribution < -0.4 is 10.6 Å². The van der Waals surface area contributed by atoms with E-state index in [4.69, 9.17) is 4.74 Å². The van der Waals surface area contributed by atoms with Gasteiger partial charge < -0.3 is 15.4 Å². The van der Waals surface area contributed by atoms with Crippen molar-refractivity contribution in [1.29, 1.82) is 0 Å². The molecule has 1 aliphatic heterocycles. The van der Waals surface area contributed by atoms with E-state index in [1.54, 1.807) is 0 Å². The third-order valence-corrected chi connectivity index (χ3v) is 6.80. The molecule has 1 saturated heterocycles. The summed E-state index contributed by atoms with van der Waals surface area (Å²) >= 11 is 0. The molecule has 0 aromatic rings. The fraction of sp³-hybridized carbons (Fsp3) is 0.962. The molecule has 0 aliphatic carbocycles. The van der Waals surface area contributed by atoms with E-state index in [0.29, 0.717) is 30.2 Å². The minimum Gasteiger partial charge on any atom is -0.446 e. The van der Waals surface area contributed by atoms with E-state index in [-0.39, 0.29) is 23.3 Å². The van der Waals surface area contributed by atoms with Crippen LogP contribution in [0, 0.1) is 23.7 Å². The normalized spacial score (nSPS) is 29.6. The van der Waals surface area contributed by atoms with E-state index >= 15 is 0 Å². The highest BCUT2D eigenvalue weighted by Gasteiger charge is 2.50. The van der Waals surface area contributed by atoms with Crippen LogP contribution in [-0.4, -0.2) is 29.8 Å². The molecule has 0 aromatic carbocycles. The number of alkyl carbamates (subject to hydrolysis) is 1. The zero-order valence-corrected chi connectivity index (χ0v) is 21.6. The summed E-state index contributed by atoms with van der Waals surface area (Å²) in [5.41, 5.74) is -0.0231. The highest BCUT2D eigenvalue weighted by atomic mass is 16.6. The quantitative estimate of drug-likeness (QED) is 0.334. The fourth-order valence-electron chi connectivity index (χ4n) is 5.03. The van der Waals surface area contributed by atoms with E-state index < -0.39 is 0 Å². The highest BCUT2D eigenvalue weighted by molar-refractivity contribution is 5.67. The molecule has 0 radical (unpaired) electrons. The Kier molecular flexibility index (Phi) is 11.2. The zero-order chi connectivity index (χ0) is 22.9. The van der Waals surface area contributed by atoms with Crippen LogP contribution in [0.5, 0.6) is 0 Å². The molecule has 1 amide bonds. The molecule has 4 unspecified atom stereocenters. The first-order chi connectivity index (χ1) is 13.9. The van der Waals surface area contributed by atoms with Crippen LogP contribution in [0.25, 0.3) is 0 Å². The molecule has 1 heterocycles. The van der Waals surface area contributed by atoms with Crippen molar-refractivity contribution in [2.75, 3.05) is 6.54 Å². The molecule has 4 atom stereocenters. The summed E-state index contributed by atoms with van der Waals surface area (Å²) < 4.78 is 6.17. The van der Waals surface area contributed by atoms with Crippen LogP contribution in [0.15, 0.2) is 0 Å². The van der Waals surface area contributed by atoms with Crippen LogP contribution in [0.4, 0.5) is 4.79 Å². The zero-order valence-electron chi connectivity index (χ0n) is 21.6. The number of unbranched alkanes of at least 4 members (excludes halogenated alkanes) is 1. The van der Waals surface area contributed by atoms with Gasteiger partial charge in [-0.2, -0.15) is 0 Å². The maximum Gasteiger partial charge on any atom is 0.407 e. The van der Waals surface area contributed by atoms with Gasteiger partial charge in [-0.3, -0.25) is 0 Å². The summed E-state index contributed by atoms with van der Waals surface area (Å²) in [6.07, 6.45) is 8.39. The first-order valence-corrected chi connectivity index (χ1v) is 12.6. The number of amides is 1. The maximum atomic E-state index is 12.6. The molecular weight excluding hydrogens is 372 g/mol. The Hall–Kier alpha value is -0.770. The Morgan fingerprint density at radius 2 is 1.63 bits per heavy atom. The summed E-state index contributed by atoms with van der Waals surface area (Å²) in [6.45, 7) is 21.3. The van der Waals surface area contributed by atoms with Crippen molar-refractivity contribution >= 4 is 6.09 Å². The minimum atomic E-state index is -0.235. The molecule has 4 nitrogen and oxygen atoms in total. The van der Waals surface area contributed by atoms with Gasteiger partial charge in [0.25, 0.3) is 0 Å². The second-order valence-electron chi connectivity index (χ2n) is 11.6. The van der Waals surface area contributed by atoms with Gasteiger partial charge in [-0.1, -0.05) is 54.9 Å². The highest BCUT2D eigenvalue weighted by Crippen LogP contribution is 2.43. The van der Waals surface area contributed by atoms with Crippen LogP contribution in [0.3, 0.4) is 0 Å². The van der Waals surface area contributed by atoms with Gasteiger partial charge in [-0.15, -0.1) is 0 Å². The lowest BCUT2D eigenvalue weighted by Gasteiger charge is -2.55. The van der Waals surface area contributed by atoms with E-state index in [1.807, 2.05) is 0 Å². The Balaban J connectivity index is 3.12. The number of carbonyl (C=O) groups excluding carboxylic acids is 1. The van der Waals surface area contributed by atoms with Crippen LogP contribution in [-0.2, 0) is 4.74 Å². The van der Waals surface area contributed by atoms with Crippen LogP contribution in [0.1, 0.15) is 114 Å². The van der Waals surface area contributed by atoms with Crippen molar-refractivity contribution in [1.82, 2.24) is 10.6 Å². The first kappa shape index (κ1) is 27.3. The second-order valence-corrected chi connectivity index (χ2v) is 11.6. The standard InChI is InChI=1S/C26H52N2O2/c1-10-11-16-27-24(29)30-23-18-25(8,14-12-19(2)3)28-26(9,15-13-20(4)5)22(23)17-21(6)7/h19-23,28H,10-18H2,1-9H3,(H,27,29). The summed E-state index contributed by atoms with van der Waals surface area (Å²) in [5.74, 6) is 2.25. The Morgan fingerprint density at radius 1 is 1.03 bits per heavy atom. The molecule has 1 fully saturated rings. The van der Waals surface area contributed by atoms with Gasteiger partial charge >= 0.3 is 6.09 Å². The van der Waals surface area contributed by atoms with Crippen molar-refractivity contribution in [3.8, 4) is 0 Å². The van der Waals surface area contributed by atoms with Crippen molar-refractivity contribution in [3.05, 3.63) is 0 Å². The fourth-order valence-corrected chi connectivity index (χ4v) is 5.03. The molecule has 0 saturated carbocycles. The Morgan fingerprint density at radius 3 is 2.17 bits per heavy atom. The lowest BCUT2D eigenvalue weighted by molar-refractivity contribution is -0.0565. The lowest BCUT2D eigenvalue weighted by Crippen LogP contribution is -2.67. The van der Waals surface area contributed by atoms with Crippen molar-refractivity contribution < 1.29 is 9.53 Å². The van der Waals surface area contributed by atoms with E-state index in [9.17, 15) is 4.79 Å². The SMILES string of the molecule is CCCCNC(=O)OC1CC(C)(CCC(C)C)NC(C)(CCC(C)C)C1CC(C)C. The number of piperidine rings is 1. The predicted molar refractivity (Wildman–Crippen MR) is 129 cm³/mol. The molecule has 0 aromatic heterocycles.